The number of hydrogen-bond acceptors (Lipinski definition) is 5. The molecule has 1 saturated heterocycles. The second-order valence-electron chi connectivity index (χ2n) is 4.79. The lowest BCUT2D eigenvalue weighted by atomic mass is 10.1. The molecule has 0 aromatic carbocycles. The minimum atomic E-state index is -3.42. The Kier molecular flexibility index (Phi) is 5.42. The third-order valence-electron chi connectivity index (χ3n) is 3.80. The van der Waals surface area contributed by atoms with Gasteiger partial charge in [0.15, 0.2) is 8.68 Å². The Hall–Kier alpha value is -0.210. The van der Waals surface area contributed by atoms with E-state index in [1.807, 2.05) is 0 Å². The summed E-state index contributed by atoms with van der Waals surface area (Å²) in [5, 5.41) is 0. The molecule has 2 heterocycles. The number of sulfonamides is 1. The van der Waals surface area contributed by atoms with Crippen molar-refractivity contribution in [3.8, 4) is 0 Å². The van der Waals surface area contributed by atoms with Crippen LogP contribution in [-0.4, -0.2) is 54.8 Å². The van der Waals surface area contributed by atoms with Crippen molar-refractivity contribution in [2.24, 2.45) is 0 Å². The minimum Gasteiger partial charge on any atom is -0.301 e. The molecule has 0 saturated carbocycles. The lowest BCUT2D eigenvalue weighted by Gasteiger charge is -2.36. The number of thiazole rings is 1. The van der Waals surface area contributed by atoms with Gasteiger partial charge in [-0.25, -0.2) is 13.4 Å². The predicted octanol–water partition coefficient (Wildman–Crippen LogP) is 2.29. The van der Waals surface area contributed by atoms with Gasteiger partial charge < -0.3 is 4.90 Å². The summed E-state index contributed by atoms with van der Waals surface area (Å²) in [7, 11) is -3.42. The maximum absolute atomic E-state index is 12.4. The van der Waals surface area contributed by atoms with Crippen LogP contribution in [0.1, 0.15) is 26.7 Å². The zero-order valence-electron chi connectivity index (χ0n) is 11.7. The van der Waals surface area contributed by atoms with Crippen molar-refractivity contribution in [2.45, 2.75) is 36.9 Å². The molecular weight excluding hydrogens is 318 g/mol. The number of piperidine rings is 1. The first-order valence-electron chi connectivity index (χ1n) is 6.84. The molecule has 20 heavy (non-hydrogen) atoms. The van der Waals surface area contributed by atoms with Gasteiger partial charge >= 0.3 is 0 Å². The Bertz CT molecular complexity index is 535. The standard InChI is InChI=1S/C12H20ClN3O2S2/c1-3-15(4-2)10-5-7-16(8-6-10)20(17,18)11-9-14-12(13)19-11/h9-10H,3-8H2,1-2H3. The van der Waals surface area contributed by atoms with Crippen molar-refractivity contribution >= 4 is 33.0 Å². The summed E-state index contributed by atoms with van der Waals surface area (Å²) in [4.78, 5) is 6.21. The molecule has 1 aromatic rings. The van der Waals surface area contributed by atoms with Gasteiger partial charge in [0.25, 0.3) is 10.0 Å². The number of hydrogen-bond donors (Lipinski definition) is 0. The summed E-state index contributed by atoms with van der Waals surface area (Å²) in [6, 6.07) is 0.487. The lowest BCUT2D eigenvalue weighted by molar-refractivity contribution is 0.152. The third-order valence-corrected chi connectivity index (χ3v) is 7.25. The Morgan fingerprint density at radius 3 is 2.45 bits per heavy atom. The summed E-state index contributed by atoms with van der Waals surface area (Å²) in [6.07, 6.45) is 3.11. The zero-order chi connectivity index (χ0) is 14.8. The molecule has 1 fully saturated rings. The predicted molar refractivity (Wildman–Crippen MR) is 81.8 cm³/mol. The highest BCUT2D eigenvalue weighted by molar-refractivity contribution is 7.91. The number of aromatic nitrogens is 1. The first-order valence-corrected chi connectivity index (χ1v) is 9.48. The average Bonchev–Trinajstić information content (AvgIpc) is 2.88. The van der Waals surface area contributed by atoms with E-state index in [9.17, 15) is 8.42 Å². The van der Waals surface area contributed by atoms with E-state index in [4.69, 9.17) is 11.6 Å². The topological polar surface area (TPSA) is 53.5 Å². The Morgan fingerprint density at radius 1 is 1.40 bits per heavy atom. The van der Waals surface area contributed by atoms with E-state index < -0.39 is 10.0 Å². The molecule has 1 aliphatic rings. The summed E-state index contributed by atoms with van der Waals surface area (Å²) in [5.41, 5.74) is 0. The van der Waals surface area contributed by atoms with Crippen LogP contribution in [0.3, 0.4) is 0 Å². The molecule has 0 bridgehead atoms. The fourth-order valence-electron chi connectivity index (χ4n) is 2.67. The van der Waals surface area contributed by atoms with Crippen LogP contribution in [0.25, 0.3) is 0 Å². The highest BCUT2D eigenvalue weighted by atomic mass is 35.5. The van der Waals surface area contributed by atoms with E-state index in [1.54, 1.807) is 4.31 Å². The van der Waals surface area contributed by atoms with Crippen LogP contribution in [0, 0.1) is 0 Å². The van der Waals surface area contributed by atoms with E-state index in [1.165, 1.54) is 6.20 Å². The van der Waals surface area contributed by atoms with Crippen LogP contribution in [0.4, 0.5) is 0 Å². The van der Waals surface area contributed by atoms with Crippen molar-refractivity contribution in [3.63, 3.8) is 0 Å². The Balaban J connectivity index is 2.03. The molecular formula is C12H20ClN3O2S2. The van der Waals surface area contributed by atoms with Crippen LogP contribution in [0.5, 0.6) is 0 Å². The van der Waals surface area contributed by atoms with E-state index >= 15 is 0 Å². The molecule has 0 unspecified atom stereocenters. The molecule has 8 heteroatoms. The number of halogens is 1. The van der Waals surface area contributed by atoms with Gasteiger partial charge in [0.1, 0.15) is 0 Å². The molecule has 2 rings (SSSR count). The van der Waals surface area contributed by atoms with Crippen molar-refractivity contribution < 1.29 is 8.42 Å². The second-order valence-corrected chi connectivity index (χ2v) is 8.57. The van der Waals surface area contributed by atoms with Crippen LogP contribution >= 0.6 is 22.9 Å². The summed E-state index contributed by atoms with van der Waals surface area (Å²) in [6.45, 7) is 7.45. The van der Waals surface area contributed by atoms with Gasteiger partial charge in [-0.15, -0.1) is 0 Å². The quantitative estimate of drug-likeness (QED) is 0.827. The molecule has 5 nitrogen and oxygen atoms in total. The summed E-state index contributed by atoms with van der Waals surface area (Å²) >= 11 is 6.74. The first-order chi connectivity index (χ1) is 9.48. The van der Waals surface area contributed by atoms with Crippen molar-refractivity contribution in [1.82, 2.24) is 14.2 Å². The fourth-order valence-corrected chi connectivity index (χ4v) is 5.59. The number of rotatable bonds is 5. The lowest BCUT2D eigenvalue weighted by Crippen LogP contribution is -2.46. The average molecular weight is 338 g/mol. The monoisotopic (exact) mass is 337 g/mol. The maximum Gasteiger partial charge on any atom is 0.254 e. The largest absolute Gasteiger partial charge is 0.301 e. The SMILES string of the molecule is CCN(CC)C1CCN(S(=O)(=O)c2cnc(Cl)s2)CC1. The Labute approximate surface area is 129 Å². The van der Waals surface area contributed by atoms with Gasteiger partial charge in [-0.2, -0.15) is 4.31 Å². The molecule has 114 valence electrons. The summed E-state index contributed by atoms with van der Waals surface area (Å²) < 4.78 is 26.9. The van der Waals surface area contributed by atoms with Crippen molar-refractivity contribution in [3.05, 3.63) is 10.7 Å². The smallest absolute Gasteiger partial charge is 0.254 e. The van der Waals surface area contributed by atoms with E-state index in [2.05, 4.69) is 23.7 Å². The molecule has 0 atom stereocenters. The molecule has 0 radical (unpaired) electrons. The van der Waals surface area contributed by atoms with Crippen molar-refractivity contribution in [1.29, 1.82) is 0 Å². The van der Waals surface area contributed by atoms with E-state index in [0.29, 0.717) is 19.1 Å². The van der Waals surface area contributed by atoms with Gasteiger partial charge in [0.2, 0.25) is 0 Å². The Morgan fingerprint density at radius 2 is 2.00 bits per heavy atom. The van der Waals surface area contributed by atoms with Gasteiger partial charge in [0.05, 0.1) is 6.20 Å². The third kappa shape index (κ3) is 3.33. The highest BCUT2D eigenvalue weighted by Crippen LogP contribution is 2.28. The number of nitrogens with zero attached hydrogens (tertiary/aromatic N) is 3. The van der Waals surface area contributed by atoms with Gasteiger partial charge in [-0.3, -0.25) is 0 Å². The van der Waals surface area contributed by atoms with Crippen LogP contribution in [0.2, 0.25) is 4.47 Å². The molecule has 0 aliphatic carbocycles. The van der Waals surface area contributed by atoms with Gasteiger partial charge in [-0.1, -0.05) is 36.8 Å². The zero-order valence-corrected chi connectivity index (χ0v) is 14.1. The molecule has 0 amide bonds. The summed E-state index contributed by atoms with van der Waals surface area (Å²) in [5.74, 6) is 0. The van der Waals surface area contributed by atoms with Gasteiger partial charge in [0, 0.05) is 19.1 Å². The molecule has 0 N–H and O–H groups in total. The van der Waals surface area contributed by atoms with Crippen LogP contribution < -0.4 is 0 Å². The van der Waals surface area contributed by atoms with Crippen molar-refractivity contribution in [2.75, 3.05) is 26.2 Å². The minimum absolute atomic E-state index is 0.240. The fraction of sp³-hybridized carbons (Fsp3) is 0.750. The molecule has 1 aliphatic heterocycles. The maximum atomic E-state index is 12.4. The highest BCUT2D eigenvalue weighted by Gasteiger charge is 2.32. The van der Waals surface area contributed by atoms with Gasteiger partial charge in [-0.05, 0) is 25.9 Å². The first kappa shape index (κ1) is 16.2. The van der Waals surface area contributed by atoms with Crippen LogP contribution in [0.15, 0.2) is 10.4 Å². The van der Waals surface area contributed by atoms with E-state index in [-0.39, 0.29) is 8.68 Å². The van der Waals surface area contributed by atoms with Crippen LogP contribution in [-0.2, 0) is 10.0 Å². The second kappa shape index (κ2) is 6.70. The normalized spacial score (nSPS) is 18.8. The molecule has 0 spiro atoms. The van der Waals surface area contributed by atoms with E-state index in [0.717, 1.165) is 37.3 Å². The molecule has 1 aromatic heterocycles.